The fourth-order valence-electron chi connectivity index (χ4n) is 4.38. The molecule has 1 aromatic carbocycles. The summed E-state index contributed by atoms with van der Waals surface area (Å²) in [6.45, 7) is 12.1. The van der Waals surface area contributed by atoms with E-state index in [9.17, 15) is 4.79 Å². The topological polar surface area (TPSA) is 89.7 Å². The molecule has 0 radical (unpaired) electrons. The lowest BCUT2D eigenvalue weighted by Crippen LogP contribution is -2.25. The van der Waals surface area contributed by atoms with E-state index < -0.39 is 0 Å². The van der Waals surface area contributed by atoms with Crippen molar-refractivity contribution in [3.63, 3.8) is 0 Å². The molecule has 0 atom stereocenters. The summed E-state index contributed by atoms with van der Waals surface area (Å²) in [5, 5.41) is 7.40. The Bertz CT molecular complexity index is 1430. The average Bonchev–Trinajstić information content (AvgIpc) is 3.10. The largest absolute Gasteiger partial charge is 0.340 e. The third kappa shape index (κ3) is 3.98. The molecule has 8 heteroatoms. The third-order valence-corrected chi connectivity index (χ3v) is 6.11. The average molecular weight is 458 g/mol. The molecule has 1 aliphatic rings. The van der Waals surface area contributed by atoms with Crippen LogP contribution in [-0.4, -0.2) is 30.9 Å². The second-order valence-corrected chi connectivity index (χ2v) is 10.1. The number of nitrogens with one attached hydrogen (secondary N) is 2. The van der Waals surface area contributed by atoms with E-state index in [1.54, 1.807) is 10.9 Å². The summed E-state index contributed by atoms with van der Waals surface area (Å²) in [6, 6.07) is 11.9. The van der Waals surface area contributed by atoms with E-state index in [4.69, 9.17) is 9.97 Å². The van der Waals surface area contributed by atoms with E-state index in [1.807, 2.05) is 36.7 Å². The summed E-state index contributed by atoms with van der Waals surface area (Å²) in [5.74, 6) is 2.02. The first-order valence-corrected chi connectivity index (χ1v) is 11.8. The van der Waals surface area contributed by atoms with Crippen molar-refractivity contribution in [1.82, 2.24) is 29.6 Å². The molecule has 0 spiro atoms. The standard InChI is InChI=1S/C26H31N7O/c1-16(2)32-24(34)20-8-9-21(29-19-7-6-17-10-12-27-15-18(17)14-19)30-23(20)33(32)22-11-13-28-25(31-22)26(3,4)5/h6-9,11,13-14,16,27H,10,12,15H2,1-5H3,(H,29,30). The monoisotopic (exact) mass is 457 g/mol. The minimum absolute atomic E-state index is 0.0701. The summed E-state index contributed by atoms with van der Waals surface area (Å²) in [5.41, 5.74) is 3.93. The number of rotatable bonds is 4. The quantitative estimate of drug-likeness (QED) is 0.476. The van der Waals surface area contributed by atoms with Crippen LogP contribution in [0.1, 0.15) is 57.6 Å². The van der Waals surface area contributed by atoms with E-state index in [2.05, 4.69) is 54.6 Å². The molecule has 0 bridgehead atoms. The Kier molecular flexibility index (Phi) is 5.48. The zero-order valence-corrected chi connectivity index (χ0v) is 20.4. The van der Waals surface area contributed by atoms with Gasteiger partial charge in [-0.05, 0) is 62.2 Å². The zero-order valence-electron chi connectivity index (χ0n) is 20.4. The lowest BCUT2D eigenvalue weighted by Gasteiger charge is -2.19. The van der Waals surface area contributed by atoms with Gasteiger partial charge in [-0.1, -0.05) is 26.8 Å². The van der Waals surface area contributed by atoms with Gasteiger partial charge in [0.15, 0.2) is 11.5 Å². The van der Waals surface area contributed by atoms with Crippen molar-refractivity contribution >= 4 is 22.5 Å². The normalized spacial score (nSPS) is 13.9. The van der Waals surface area contributed by atoms with E-state index in [0.717, 1.165) is 25.2 Å². The van der Waals surface area contributed by atoms with Crippen LogP contribution >= 0.6 is 0 Å². The predicted molar refractivity (Wildman–Crippen MR) is 135 cm³/mol. The molecule has 4 aromatic rings. The van der Waals surface area contributed by atoms with Crippen LogP contribution in [0.15, 0.2) is 47.4 Å². The molecule has 0 unspecified atom stereocenters. The Morgan fingerprint density at radius 1 is 1.06 bits per heavy atom. The van der Waals surface area contributed by atoms with Gasteiger partial charge in [0.05, 0.1) is 5.39 Å². The highest BCUT2D eigenvalue weighted by molar-refractivity contribution is 5.79. The Balaban J connectivity index is 1.63. The smallest absolute Gasteiger partial charge is 0.276 e. The van der Waals surface area contributed by atoms with Gasteiger partial charge in [-0.2, -0.15) is 0 Å². The minimum Gasteiger partial charge on any atom is -0.340 e. The van der Waals surface area contributed by atoms with E-state index >= 15 is 0 Å². The van der Waals surface area contributed by atoms with Crippen LogP contribution in [0.25, 0.3) is 16.9 Å². The number of benzene rings is 1. The molecule has 0 saturated carbocycles. The number of anilines is 2. The van der Waals surface area contributed by atoms with Crippen LogP contribution in [0.5, 0.6) is 0 Å². The van der Waals surface area contributed by atoms with E-state index in [-0.39, 0.29) is 17.0 Å². The predicted octanol–water partition coefficient (Wildman–Crippen LogP) is 4.24. The second kappa shape index (κ2) is 8.36. The molecule has 0 saturated heterocycles. The van der Waals surface area contributed by atoms with Gasteiger partial charge >= 0.3 is 0 Å². The summed E-state index contributed by atoms with van der Waals surface area (Å²) < 4.78 is 3.53. The molecule has 34 heavy (non-hydrogen) atoms. The number of hydrogen-bond acceptors (Lipinski definition) is 6. The van der Waals surface area contributed by atoms with E-state index in [0.29, 0.717) is 28.5 Å². The molecule has 3 aromatic heterocycles. The van der Waals surface area contributed by atoms with Crippen molar-refractivity contribution in [2.75, 3.05) is 11.9 Å². The molecule has 0 aliphatic carbocycles. The van der Waals surface area contributed by atoms with Crippen LogP contribution in [0, 0.1) is 0 Å². The fraction of sp³-hybridized carbons (Fsp3) is 0.385. The summed E-state index contributed by atoms with van der Waals surface area (Å²) in [4.78, 5) is 27.4. The van der Waals surface area contributed by atoms with Crippen LogP contribution in [0.2, 0.25) is 0 Å². The number of pyridine rings is 1. The van der Waals surface area contributed by atoms with Crippen molar-refractivity contribution in [3.8, 4) is 5.82 Å². The third-order valence-electron chi connectivity index (χ3n) is 6.11. The highest BCUT2D eigenvalue weighted by Gasteiger charge is 2.22. The van der Waals surface area contributed by atoms with Gasteiger partial charge < -0.3 is 10.6 Å². The molecule has 0 fully saturated rings. The van der Waals surface area contributed by atoms with Crippen molar-refractivity contribution in [2.24, 2.45) is 0 Å². The molecule has 8 nitrogen and oxygen atoms in total. The van der Waals surface area contributed by atoms with Crippen molar-refractivity contribution < 1.29 is 0 Å². The van der Waals surface area contributed by atoms with Gasteiger partial charge in [0.2, 0.25) is 0 Å². The zero-order chi connectivity index (χ0) is 24.0. The van der Waals surface area contributed by atoms with Gasteiger partial charge in [0.1, 0.15) is 11.6 Å². The van der Waals surface area contributed by atoms with Gasteiger partial charge in [0.25, 0.3) is 5.56 Å². The van der Waals surface area contributed by atoms with Gasteiger partial charge in [-0.25, -0.2) is 24.3 Å². The molecule has 176 valence electrons. The second-order valence-electron chi connectivity index (χ2n) is 10.1. The Morgan fingerprint density at radius 2 is 1.88 bits per heavy atom. The molecular formula is C26H31N7O. The van der Waals surface area contributed by atoms with Crippen LogP contribution in [0.3, 0.4) is 0 Å². The molecule has 2 N–H and O–H groups in total. The number of aromatic nitrogens is 5. The highest BCUT2D eigenvalue weighted by atomic mass is 16.1. The first-order valence-electron chi connectivity index (χ1n) is 11.8. The SMILES string of the molecule is CC(C)n1c(=O)c2ccc(Nc3ccc4c(c3)CNCC4)nc2n1-c1ccnc(C(C)(C)C)n1. The highest BCUT2D eigenvalue weighted by Crippen LogP contribution is 2.25. The summed E-state index contributed by atoms with van der Waals surface area (Å²) >= 11 is 0. The summed E-state index contributed by atoms with van der Waals surface area (Å²) in [7, 11) is 0. The lowest BCUT2D eigenvalue weighted by atomic mass is 9.96. The van der Waals surface area contributed by atoms with Crippen LogP contribution in [-0.2, 0) is 18.4 Å². The molecular weight excluding hydrogens is 426 g/mol. The van der Waals surface area contributed by atoms with Gasteiger partial charge in [-0.3, -0.25) is 4.79 Å². The Labute approximate surface area is 199 Å². The Morgan fingerprint density at radius 3 is 2.65 bits per heavy atom. The lowest BCUT2D eigenvalue weighted by molar-refractivity contribution is 0.467. The van der Waals surface area contributed by atoms with Crippen LogP contribution < -0.4 is 16.2 Å². The minimum atomic E-state index is -0.219. The van der Waals surface area contributed by atoms with Gasteiger partial charge in [-0.15, -0.1) is 0 Å². The van der Waals surface area contributed by atoms with Crippen molar-refractivity contribution in [1.29, 1.82) is 0 Å². The maximum absolute atomic E-state index is 13.3. The molecule has 5 rings (SSSR count). The molecule has 1 aliphatic heterocycles. The number of hydrogen-bond donors (Lipinski definition) is 2. The van der Waals surface area contributed by atoms with E-state index in [1.165, 1.54) is 11.1 Å². The first-order chi connectivity index (χ1) is 16.2. The fourth-order valence-corrected chi connectivity index (χ4v) is 4.38. The molecule has 0 amide bonds. The maximum Gasteiger partial charge on any atom is 0.276 e. The maximum atomic E-state index is 13.3. The van der Waals surface area contributed by atoms with Crippen molar-refractivity contribution in [3.05, 3.63) is 69.9 Å². The van der Waals surface area contributed by atoms with Gasteiger partial charge in [0, 0.05) is 36.0 Å². The number of nitrogens with zero attached hydrogens (tertiary/aromatic N) is 5. The van der Waals surface area contributed by atoms with Crippen LogP contribution in [0.4, 0.5) is 11.5 Å². The summed E-state index contributed by atoms with van der Waals surface area (Å²) in [6.07, 6.45) is 2.79. The first kappa shape index (κ1) is 22.3. The van der Waals surface area contributed by atoms with Crippen molar-refractivity contribution in [2.45, 2.75) is 59.0 Å². The molecule has 4 heterocycles. The Hall–Kier alpha value is -3.52. The number of fused-ring (bicyclic) bond motifs is 2.